The van der Waals surface area contributed by atoms with E-state index in [0.717, 1.165) is 34.9 Å². The fourth-order valence-corrected chi connectivity index (χ4v) is 3.54. The van der Waals surface area contributed by atoms with Crippen LogP contribution < -0.4 is 5.73 Å². The second-order valence-corrected chi connectivity index (χ2v) is 7.14. The zero-order chi connectivity index (χ0) is 18.7. The molecular weight excluding hydrogens is 344 g/mol. The van der Waals surface area contributed by atoms with Gasteiger partial charge in [0.25, 0.3) is 0 Å². The van der Waals surface area contributed by atoms with Gasteiger partial charge in [-0.1, -0.05) is 6.92 Å². The molecule has 0 aliphatic rings. The highest BCUT2D eigenvalue weighted by Gasteiger charge is 2.15. The molecule has 0 radical (unpaired) electrons. The molecule has 0 unspecified atom stereocenters. The highest BCUT2D eigenvalue weighted by molar-refractivity contribution is 7.13. The maximum absolute atomic E-state index is 9.51. The Labute approximate surface area is 157 Å². The van der Waals surface area contributed by atoms with E-state index in [2.05, 4.69) is 37.4 Å². The van der Waals surface area contributed by atoms with E-state index in [9.17, 15) is 5.26 Å². The van der Waals surface area contributed by atoms with Crippen LogP contribution in [-0.4, -0.2) is 33.9 Å². The van der Waals surface area contributed by atoms with Crippen molar-refractivity contribution in [3.63, 3.8) is 0 Å². The van der Waals surface area contributed by atoms with E-state index < -0.39 is 0 Å². The van der Waals surface area contributed by atoms with Crippen molar-refractivity contribution in [3.05, 3.63) is 46.9 Å². The number of nitriles is 1. The van der Waals surface area contributed by atoms with Crippen molar-refractivity contribution in [2.45, 2.75) is 19.9 Å². The molecule has 3 aromatic heterocycles. The van der Waals surface area contributed by atoms with E-state index in [4.69, 9.17) is 5.73 Å². The van der Waals surface area contributed by atoms with Gasteiger partial charge in [-0.15, -0.1) is 11.3 Å². The molecule has 0 spiro atoms. The van der Waals surface area contributed by atoms with Crippen LogP contribution in [-0.2, 0) is 13.0 Å². The second kappa shape index (κ2) is 7.60. The number of aromatic nitrogens is 3. The average molecular weight is 364 g/mol. The monoisotopic (exact) mass is 364 g/mol. The first-order valence-corrected chi connectivity index (χ1v) is 9.14. The van der Waals surface area contributed by atoms with Crippen LogP contribution in [0.3, 0.4) is 0 Å². The summed E-state index contributed by atoms with van der Waals surface area (Å²) in [7, 11) is 4.07. The molecule has 132 valence electrons. The molecule has 0 aromatic carbocycles. The summed E-state index contributed by atoms with van der Waals surface area (Å²) >= 11 is 1.62. The lowest BCUT2D eigenvalue weighted by atomic mass is 10.0. The minimum atomic E-state index is 0.224. The Morgan fingerprint density at radius 2 is 1.96 bits per heavy atom. The van der Waals surface area contributed by atoms with E-state index in [0.29, 0.717) is 11.1 Å². The highest BCUT2D eigenvalue weighted by Crippen LogP contribution is 2.33. The lowest BCUT2D eigenvalue weighted by Crippen LogP contribution is -2.09. The number of aryl methyl sites for hydroxylation is 1. The lowest BCUT2D eigenvalue weighted by Gasteiger charge is -2.09. The second-order valence-electron chi connectivity index (χ2n) is 6.23. The summed E-state index contributed by atoms with van der Waals surface area (Å²) in [5.74, 6) is 0.989. The Hall–Kier alpha value is -2.82. The Kier molecular flexibility index (Phi) is 5.26. The number of hydrogen-bond donors (Lipinski definition) is 1. The summed E-state index contributed by atoms with van der Waals surface area (Å²) in [6, 6.07) is 6.16. The van der Waals surface area contributed by atoms with Crippen LogP contribution in [0.2, 0.25) is 0 Å². The molecule has 0 saturated carbocycles. The van der Waals surface area contributed by atoms with Gasteiger partial charge in [0.1, 0.15) is 23.3 Å². The number of anilines is 1. The Balaban J connectivity index is 2.07. The minimum Gasteiger partial charge on any atom is -0.383 e. The van der Waals surface area contributed by atoms with Crippen LogP contribution in [0.1, 0.15) is 23.9 Å². The first-order chi connectivity index (χ1) is 12.5. The molecule has 3 heterocycles. The van der Waals surface area contributed by atoms with Gasteiger partial charge in [-0.3, -0.25) is 0 Å². The van der Waals surface area contributed by atoms with Crippen molar-refractivity contribution in [3.8, 4) is 27.8 Å². The number of pyridine rings is 1. The molecule has 0 fully saturated rings. The highest BCUT2D eigenvalue weighted by atomic mass is 32.1. The number of nitrogens with two attached hydrogens (primary N) is 1. The number of rotatable bonds is 5. The smallest absolute Gasteiger partial charge is 0.142 e. The number of hydrogen-bond acceptors (Lipinski definition) is 7. The molecule has 0 saturated heterocycles. The van der Waals surface area contributed by atoms with E-state index in [-0.39, 0.29) is 5.82 Å². The Bertz CT molecular complexity index is 953. The Morgan fingerprint density at radius 3 is 2.58 bits per heavy atom. The molecule has 6 nitrogen and oxygen atoms in total. The van der Waals surface area contributed by atoms with Crippen molar-refractivity contribution >= 4 is 17.2 Å². The van der Waals surface area contributed by atoms with Gasteiger partial charge in [-0.2, -0.15) is 5.26 Å². The quantitative estimate of drug-likeness (QED) is 0.746. The van der Waals surface area contributed by atoms with Gasteiger partial charge >= 0.3 is 0 Å². The SMILES string of the molecule is CCc1ncc(-c2cc(-c3cc(CN(C)C)cs3)nc(N)c2C#N)cn1. The molecule has 0 bridgehead atoms. The molecule has 7 heteroatoms. The van der Waals surface area contributed by atoms with Crippen molar-refractivity contribution < 1.29 is 0 Å². The zero-order valence-electron chi connectivity index (χ0n) is 15.0. The van der Waals surface area contributed by atoms with E-state index in [1.54, 1.807) is 23.7 Å². The van der Waals surface area contributed by atoms with Gasteiger partial charge in [-0.05, 0) is 37.2 Å². The van der Waals surface area contributed by atoms with Crippen LogP contribution in [0, 0.1) is 11.3 Å². The third-order valence-electron chi connectivity index (χ3n) is 3.90. The summed E-state index contributed by atoms with van der Waals surface area (Å²) in [6.07, 6.45) is 4.23. The lowest BCUT2D eigenvalue weighted by molar-refractivity contribution is 0.403. The molecule has 26 heavy (non-hydrogen) atoms. The first kappa shape index (κ1) is 18.0. The third kappa shape index (κ3) is 3.72. The molecular formula is C19H20N6S. The number of nitrogen functional groups attached to an aromatic ring is 1. The van der Waals surface area contributed by atoms with Gasteiger partial charge in [0.15, 0.2) is 0 Å². The van der Waals surface area contributed by atoms with Gasteiger partial charge in [0.05, 0.1) is 10.6 Å². The van der Waals surface area contributed by atoms with E-state index in [1.807, 2.05) is 27.1 Å². The van der Waals surface area contributed by atoms with E-state index in [1.165, 1.54) is 5.56 Å². The zero-order valence-corrected chi connectivity index (χ0v) is 15.8. The standard InChI is InChI=1S/C19H20N6S/c1-4-18-22-8-13(9-23-18)14-6-16(24-19(21)15(14)7-20)17-5-12(11-26-17)10-25(2)3/h5-6,8-9,11H,4,10H2,1-3H3,(H2,21,24). The predicted octanol–water partition coefficient (Wildman–Crippen LogP) is 3.34. The molecule has 0 aliphatic heterocycles. The van der Waals surface area contributed by atoms with Crippen molar-refractivity contribution in [1.82, 2.24) is 19.9 Å². The molecule has 2 N–H and O–H groups in total. The van der Waals surface area contributed by atoms with Gasteiger partial charge in [-0.25, -0.2) is 15.0 Å². The fourth-order valence-electron chi connectivity index (χ4n) is 2.67. The van der Waals surface area contributed by atoms with Gasteiger partial charge < -0.3 is 10.6 Å². The van der Waals surface area contributed by atoms with Gasteiger partial charge in [0, 0.05) is 36.5 Å². The molecule has 3 rings (SSSR count). The van der Waals surface area contributed by atoms with E-state index >= 15 is 0 Å². The van der Waals surface area contributed by atoms with Crippen LogP contribution >= 0.6 is 11.3 Å². The molecule has 0 atom stereocenters. The normalized spacial score (nSPS) is 10.9. The van der Waals surface area contributed by atoms with Crippen LogP contribution in [0.5, 0.6) is 0 Å². The topological polar surface area (TPSA) is 91.7 Å². The summed E-state index contributed by atoms with van der Waals surface area (Å²) < 4.78 is 0. The van der Waals surface area contributed by atoms with Crippen molar-refractivity contribution in [2.24, 2.45) is 0 Å². The summed E-state index contributed by atoms with van der Waals surface area (Å²) in [6.45, 7) is 2.86. The maximum atomic E-state index is 9.51. The molecule has 0 aliphatic carbocycles. The van der Waals surface area contributed by atoms with Crippen molar-refractivity contribution in [1.29, 1.82) is 5.26 Å². The van der Waals surface area contributed by atoms with Crippen LogP contribution in [0.4, 0.5) is 5.82 Å². The Morgan fingerprint density at radius 1 is 1.23 bits per heavy atom. The van der Waals surface area contributed by atoms with Gasteiger partial charge in [0.2, 0.25) is 0 Å². The predicted molar refractivity (Wildman–Crippen MR) is 104 cm³/mol. The minimum absolute atomic E-state index is 0.224. The molecule has 3 aromatic rings. The number of nitrogens with zero attached hydrogens (tertiary/aromatic N) is 5. The average Bonchev–Trinajstić information content (AvgIpc) is 3.09. The maximum Gasteiger partial charge on any atom is 0.142 e. The van der Waals surface area contributed by atoms with Crippen LogP contribution in [0.25, 0.3) is 21.7 Å². The molecule has 0 amide bonds. The first-order valence-electron chi connectivity index (χ1n) is 8.26. The fraction of sp³-hybridized carbons (Fsp3) is 0.263. The largest absolute Gasteiger partial charge is 0.383 e. The summed E-state index contributed by atoms with van der Waals surface area (Å²) in [5, 5.41) is 11.6. The van der Waals surface area contributed by atoms with Crippen molar-refractivity contribution in [2.75, 3.05) is 19.8 Å². The summed E-state index contributed by atoms with van der Waals surface area (Å²) in [5.41, 5.74) is 9.87. The summed E-state index contributed by atoms with van der Waals surface area (Å²) in [4.78, 5) is 16.2. The van der Waals surface area contributed by atoms with Crippen LogP contribution in [0.15, 0.2) is 29.9 Å². The third-order valence-corrected chi connectivity index (χ3v) is 4.90. The number of thiophene rings is 1.